The first-order valence-corrected chi connectivity index (χ1v) is 12.6. The summed E-state index contributed by atoms with van der Waals surface area (Å²) in [5.41, 5.74) is 7.08. The van der Waals surface area contributed by atoms with E-state index >= 15 is 0 Å². The Bertz CT molecular complexity index is 1290. The summed E-state index contributed by atoms with van der Waals surface area (Å²) in [6.07, 6.45) is -8.42. The molecule has 2 aromatic heterocycles. The molecule has 3 aromatic rings. The van der Waals surface area contributed by atoms with Gasteiger partial charge in [-0.15, -0.1) is 33.7 Å². The number of nitrogen functional groups attached to an aromatic ring is 1. The first kappa shape index (κ1) is 31.3. The van der Waals surface area contributed by atoms with Crippen molar-refractivity contribution in [3.05, 3.63) is 36.0 Å². The lowest BCUT2D eigenvalue weighted by Crippen LogP contribution is -2.21. The molecule has 7 nitrogen and oxygen atoms in total. The molecule has 0 bridgehead atoms. The number of benzene rings is 1. The highest BCUT2D eigenvalue weighted by atomic mass is 32.2. The fourth-order valence-corrected chi connectivity index (χ4v) is 4.87. The number of alkyl halides is 6. The van der Waals surface area contributed by atoms with Crippen molar-refractivity contribution in [2.75, 3.05) is 11.5 Å². The average Bonchev–Trinajstić information content (AvgIpc) is 3.15. The van der Waals surface area contributed by atoms with E-state index in [1.807, 2.05) is 12.1 Å². The first-order chi connectivity index (χ1) is 17.3. The predicted octanol–water partition coefficient (Wildman–Crippen LogP) is 6.78. The Kier molecular flexibility index (Phi) is 9.75. The SMILES string of the molecule is CCSc1cc(SC(C)(C)C)c(N)cc1-c1nnc(-c2cc(C(F)(F)F)ccn2)n1C.O=C(O)C(F)(F)F. The van der Waals surface area contributed by atoms with Crippen molar-refractivity contribution in [1.82, 2.24) is 19.7 Å². The number of nitrogens with zero attached hydrogens (tertiary/aromatic N) is 4. The fourth-order valence-electron chi connectivity index (χ4n) is 2.96. The van der Waals surface area contributed by atoms with E-state index in [1.54, 1.807) is 35.1 Å². The van der Waals surface area contributed by atoms with Crippen LogP contribution in [0.3, 0.4) is 0 Å². The minimum Gasteiger partial charge on any atom is -0.475 e. The number of nitrogens with two attached hydrogens (primary N) is 1. The number of pyridine rings is 1. The van der Waals surface area contributed by atoms with E-state index in [-0.39, 0.29) is 16.3 Å². The molecule has 1 aromatic carbocycles. The standard InChI is InChI=1S/C21H24F3N5S2.C2HF3O2/c1-6-30-16-11-17(31-20(2,3)4)14(25)10-13(16)18-27-28-19(29(18)5)15-9-12(7-8-26-15)21(22,23)24;3-2(4,5)1(6)7/h7-11H,6,25H2,1-5H3;(H,6,7). The Morgan fingerprint density at radius 3 is 2.11 bits per heavy atom. The Morgan fingerprint density at radius 1 is 1.03 bits per heavy atom. The van der Waals surface area contributed by atoms with Gasteiger partial charge in [-0.25, -0.2) is 4.79 Å². The van der Waals surface area contributed by atoms with Crippen LogP contribution in [0.4, 0.5) is 32.0 Å². The van der Waals surface area contributed by atoms with Crippen molar-refractivity contribution in [3.8, 4) is 22.9 Å². The molecule has 0 spiro atoms. The molecular formula is C23H25F6N5O2S2. The van der Waals surface area contributed by atoms with Gasteiger partial charge in [0.05, 0.1) is 5.56 Å². The van der Waals surface area contributed by atoms with Gasteiger partial charge in [0.15, 0.2) is 11.6 Å². The van der Waals surface area contributed by atoms with Crippen molar-refractivity contribution in [1.29, 1.82) is 0 Å². The van der Waals surface area contributed by atoms with Gasteiger partial charge < -0.3 is 15.4 Å². The van der Waals surface area contributed by atoms with Gasteiger partial charge in [-0.05, 0) is 30.0 Å². The van der Waals surface area contributed by atoms with Crippen LogP contribution in [0.2, 0.25) is 0 Å². The average molecular weight is 582 g/mol. The van der Waals surface area contributed by atoms with Gasteiger partial charge in [-0.3, -0.25) is 4.98 Å². The summed E-state index contributed by atoms with van der Waals surface area (Å²) >= 11 is 3.33. The maximum atomic E-state index is 13.1. The Balaban J connectivity index is 0.000000638. The van der Waals surface area contributed by atoms with E-state index in [0.717, 1.165) is 39.4 Å². The minimum atomic E-state index is -5.08. The number of hydrogen-bond donors (Lipinski definition) is 2. The van der Waals surface area contributed by atoms with Gasteiger partial charge >= 0.3 is 18.3 Å². The van der Waals surface area contributed by atoms with E-state index in [0.29, 0.717) is 11.5 Å². The third-order valence-corrected chi connectivity index (χ3v) is 6.63. The summed E-state index contributed by atoms with van der Waals surface area (Å²) in [6.45, 7) is 8.41. The molecule has 15 heteroatoms. The second-order valence-corrected chi connectivity index (χ2v) is 11.8. The highest BCUT2D eigenvalue weighted by Gasteiger charge is 2.38. The number of hydrogen-bond acceptors (Lipinski definition) is 7. The smallest absolute Gasteiger partial charge is 0.475 e. The molecule has 0 unspecified atom stereocenters. The van der Waals surface area contributed by atoms with Crippen LogP contribution < -0.4 is 5.73 Å². The Hall–Kier alpha value is -2.94. The van der Waals surface area contributed by atoms with E-state index in [1.165, 1.54) is 0 Å². The molecule has 0 atom stereocenters. The van der Waals surface area contributed by atoms with Gasteiger partial charge in [-0.1, -0.05) is 27.7 Å². The predicted molar refractivity (Wildman–Crippen MR) is 135 cm³/mol. The molecular weight excluding hydrogens is 556 g/mol. The van der Waals surface area contributed by atoms with Crippen LogP contribution in [-0.2, 0) is 18.0 Å². The second-order valence-electron chi connectivity index (χ2n) is 8.67. The molecule has 3 N–H and O–H groups in total. The molecule has 3 rings (SSSR count). The third kappa shape index (κ3) is 8.28. The van der Waals surface area contributed by atoms with Gasteiger partial charge in [0.1, 0.15) is 5.69 Å². The van der Waals surface area contributed by atoms with Crippen LogP contribution in [0.25, 0.3) is 22.9 Å². The van der Waals surface area contributed by atoms with E-state index < -0.39 is 23.9 Å². The molecule has 2 heterocycles. The van der Waals surface area contributed by atoms with Crippen molar-refractivity contribution >= 4 is 35.2 Å². The number of carboxylic acid groups (broad SMARTS) is 1. The van der Waals surface area contributed by atoms with E-state index in [9.17, 15) is 26.3 Å². The number of aliphatic carboxylic acids is 1. The van der Waals surface area contributed by atoms with Crippen molar-refractivity contribution < 1.29 is 36.2 Å². The summed E-state index contributed by atoms with van der Waals surface area (Å²) < 4.78 is 72.7. The van der Waals surface area contributed by atoms with Gasteiger partial charge in [0.2, 0.25) is 0 Å². The summed E-state index contributed by atoms with van der Waals surface area (Å²) in [5, 5.41) is 15.5. The number of carbonyl (C=O) groups is 1. The number of carboxylic acids is 1. The number of rotatable bonds is 5. The minimum absolute atomic E-state index is 0.00307. The van der Waals surface area contributed by atoms with Crippen LogP contribution in [0.1, 0.15) is 33.3 Å². The Labute approximate surface area is 223 Å². The zero-order valence-electron chi connectivity index (χ0n) is 20.9. The largest absolute Gasteiger partial charge is 0.490 e. The summed E-state index contributed by atoms with van der Waals surface area (Å²) in [5.74, 6) is -1.15. The number of anilines is 1. The lowest BCUT2D eigenvalue weighted by molar-refractivity contribution is -0.192. The maximum absolute atomic E-state index is 13.1. The molecule has 0 saturated heterocycles. The molecule has 0 fully saturated rings. The summed E-state index contributed by atoms with van der Waals surface area (Å²) in [4.78, 5) is 14.9. The first-order valence-electron chi connectivity index (χ1n) is 10.8. The molecule has 0 aliphatic rings. The lowest BCUT2D eigenvalue weighted by Gasteiger charge is -2.20. The highest BCUT2D eigenvalue weighted by molar-refractivity contribution is 8.01. The number of thioether (sulfide) groups is 2. The molecule has 208 valence electrons. The third-order valence-electron chi connectivity index (χ3n) is 4.50. The Morgan fingerprint density at radius 2 is 1.61 bits per heavy atom. The van der Waals surface area contributed by atoms with Crippen LogP contribution >= 0.6 is 23.5 Å². The van der Waals surface area contributed by atoms with E-state index in [2.05, 4.69) is 42.9 Å². The quantitative estimate of drug-likeness (QED) is 0.193. The molecule has 0 amide bonds. The molecule has 38 heavy (non-hydrogen) atoms. The lowest BCUT2D eigenvalue weighted by atomic mass is 10.2. The van der Waals surface area contributed by atoms with Crippen LogP contribution in [0.15, 0.2) is 40.3 Å². The van der Waals surface area contributed by atoms with Crippen molar-refractivity contribution in [3.63, 3.8) is 0 Å². The number of halogens is 6. The van der Waals surface area contributed by atoms with Crippen molar-refractivity contribution in [2.24, 2.45) is 7.05 Å². The zero-order valence-corrected chi connectivity index (χ0v) is 22.5. The normalized spacial score (nSPS) is 12.2. The van der Waals surface area contributed by atoms with Crippen LogP contribution in [-0.4, -0.2) is 47.5 Å². The molecule has 0 aliphatic heterocycles. The summed E-state index contributed by atoms with van der Waals surface area (Å²) in [7, 11) is 1.71. The molecule has 0 radical (unpaired) electrons. The monoisotopic (exact) mass is 581 g/mol. The van der Waals surface area contributed by atoms with Crippen LogP contribution in [0.5, 0.6) is 0 Å². The van der Waals surface area contributed by atoms with Gasteiger partial charge in [-0.2, -0.15) is 26.3 Å². The van der Waals surface area contributed by atoms with Gasteiger partial charge in [0.25, 0.3) is 0 Å². The number of aromatic nitrogens is 4. The van der Waals surface area contributed by atoms with Gasteiger partial charge in [0, 0.05) is 39.0 Å². The maximum Gasteiger partial charge on any atom is 0.490 e. The second kappa shape index (κ2) is 11.8. The summed E-state index contributed by atoms with van der Waals surface area (Å²) in [6, 6.07) is 5.82. The van der Waals surface area contributed by atoms with Crippen molar-refractivity contribution in [2.45, 2.75) is 54.6 Å². The fraction of sp³-hybridized carbons (Fsp3) is 0.391. The highest BCUT2D eigenvalue weighted by Crippen LogP contribution is 2.42. The topological polar surface area (TPSA) is 107 Å². The van der Waals surface area contributed by atoms with E-state index in [4.69, 9.17) is 15.6 Å². The molecule has 0 aliphatic carbocycles. The van der Waals surface area contributed by atoms with Crippen LogP contribution in [0, 0.1) is 0 Å². The molecule has 0 saturated carbocycles. The zero-order chi connectivity index (χ0) is 29.1.